The van der Waals surface area contributed by atoms with Gasteiger partial charge in [0, 0.05) is 6.54 Å². The first kappa shape index (κ1) is 26.9. The second-order valence-electron chi connectivity index (χ2n) is 9.39. The average Bonchev–Trinajstić information content (AvgIpc) is 3.30. The minimum atomic E-state index is -4.04. The molecule has 1 aliphatic heterocycles. The Hall–Kier alpha value is -3.67. The van der Waals surface area contributed by atoms with Gasteiger partial charge in [0.2, 0.25) is 10.0 Å². The van der Waals surface area contributed by atoms with Crippen LogP contribution in [0.2, 0.25) is 0 Å². The van der Waals surface area contributed by atoms with Crippen molar-refractivity contribution >= 4 is 48.6 Å². The van der Waals surface area contributed by atoms with Gasteiger partial charge in [-0.1, -0.05) is 41.7 Å². The summed E-state index contributed by atoms with van der Waals surface area (Å²) in [6.07, 6.45) is 0.177. The number of rotatable bonds is 7. The van der Waals surface area contributed by atoms with Gasteiger partial charge < -0.3 is 4.74 Å². The Morgan fingerprint density at radius 2 is 1.87 bits per heavy atom. The van der Waals surface area contributed by atoms with Crippen LogP contribution in [0.15, 0.2) is 65.6 Å². The Balaban J connectivity index is 1.29. The number of halogens is 1. The molecular weight excluding hydrogens is 541 g/mol. The molecule has 0 aliphatic carbocycles. The Morgan fingerprint density at radius 3 is 2.64 bits per heavy atom. The fourth-order valence-electron chi connectivity index (χ4n) is 4.81. The molecule has 0 fully saturated rings. The maximum Gasteiger partial charge on any atom is 0.308 e. The normalized spacial score (nSPS) is 15.6. The number of anilines is 1. The molecule has 1 aliphatic rings. The molecule has 4 aromatic rings. The van der Waals surface area contributed by atoms with Crippen molar-refractivity contribution in [3.8, 4) is 0 Å². The fourth-order valence-corrected chi connectivity index (χ4v) is 7.48. The molecule has 1 aromatic heterocycles. The van der Waals surface area contributed by atoms with Gasteiger partial charge in [-0.2, -0.15) is 4.31 Å². The van der Waals surface area contributed by atoms with E-state index in [4.69, 9.17) is 4.74 Å². The number of aryl methyl sites for hydroxylation is 2. The van der Waals surface area contributed by atoms with Crippen molar-refractivity contribution in [1.82, 2.24) is 9.29 Å². The highest BCUT2D eigenvalue weighted by Gasteiger charge is 2.38. The summed E-state index contributed by atoms with van der Waals surface area (Å²) in [5.41, 5.74) is 4.52. The number of sulfonamides is 1. The molecule has 0 spiro atoms. The zero-order chi connectivity index (χ0) is 27.7. The second kappa shape index (κ2) is 10.8. The standard InChI is InChI=1S/C28H26FN3O5S2/c1-17-13-18(2)27-24(14-17)38-28(31-27)30-25(33)16-37-26(34)15-23-22-6-4-3-5-19(22)11-12-32(23)39(35,36)21-9-7-20(29)8-10-21/h3-10,13-14,23H,11-12,15-16H2,1-2H3,(H,30,31,33). The molecule has 0 saturated heterocycles. The Kier molecular flexibility index (Phi) is 7.48. The van der Waals surface area contributed by atoms with Crippen LogP contribution in [0.25, 0.3) is 10.2 Å². The number of thiazole rings is 1. The summed E-state index contributed by atoms with van der Waals surface area (Å²) in [6, 6.07) is 15.0. The molecule has 202 valence electrons. The van der Waals surface area contributed by atoms with Crippen LogP contribution < -0.4 is 5.32 Å². The summed E-state index contributed by atoms with van der Waals surface area (Å²) < 4.78 is 47.8. The molecule has 5 rings (SSSR count). The zero-order valence-corrected chi connectivity index (χ0v) is 22.9. The third-order valence-corrected chi connectivity index (χ3v) is 9.42. The third-order valence-electron chi connectivity index (χ3n) is 6.58. The number of hydrogen-bond acceptors (Lipinski definition) is 7. The molecule has 1 atom stereocenters. The minimum Gasteiger partial charge on any atom is -0.456 e. The molecule has 11 heteroatoms. The van der Waals surface area contributed by atoms with Crippen molar-refractivity contribution < 1.29 is 27.1 Å². The monoisotopic (exact) mass is 567 g/mol. The highest BCUT2D eigenvalue weighted by atomic mass is 32.2. The third kappa shape index (κ3) is 5.70. The summed E-state index contributed by atoms with van der Waals surface area (Å²) >= 11 is 1.33. The maximum atomic E-state index is 13.5. The highest BCUT2D eigenvalue weighted by molar-refractivity contribution is 7.89. The van der Waals surface area contributed by atoms with Crippen molar-refractivity contribution in [3.05, 3.63) is 88.7 Å². The van der Waals surface area contributed by atoms with Gasteiger partial charge >= 0.3 is 5.97 Å². The predicted molar refractivity (Wildman–Crippen MR) is 146 cm³/mol. The van der Waals surface area contributed by atoms with E-state index in [0.717, 1.165) is 39.0 Å². The van der Waals surface area contributed by atoms with Gasteiger partial charge in [0.15, 0.2) is 11.7 Å². The molecular formula is C28H26FN3O5S2. The summed E-state index contributed by atoms with van der Waals surface area (Å²) in [7, 11) is -4.04. The van der Waals surface area contributed by atoms with Gasteiger partial charge in [0.25, 0.3) is 5.91 Å². The number of benzene rings is 3. The van der Waals surface area contributed by atoms with E-state index in [1.807, 2.05) is 38.1 Å². The van der Waals surface area contributed by atoms with Crippen LogP contribution >= 0.6 is 11.3 Å². The van der Waals surface area contributed by atoms with E-state index in [1.165, 1.54) is 27.8 Å². The number of esters is 1. The SMILES string of the molecule is Cc1cc(C)c2nc(NC(=O)COC(=O)CC3c4ccccc4CCN3S(=O)(=O)c3ccc(F)cc3)sc2c1. The maximum absolute atomic E-state index is 13.5. The van der Waals surface area contributed by atoms with E-state index in [-0.39, 0.29) is 17.9 Å². The molecule has 0 bridgehead atoms. The molecule has 39 heavy (non-hydrogen) atoms. The van der Waals surface area contributed by atoms with Gasteiger partial charge in [0.1, 0.15) is 5.82 Å². The van der Waals surface area contributed by atoms with Crippen molar-refractivity contribution in [2.24, 2.45) is 0 Å². The molecule has 0 radical (unpaired) electrons. The lowest BCUT2D eigenvalue weighted by Gasteiger charge is -2.36. The molecule has 1 unspecified atom stereocenters. The summed E-state index contributed by atoms with van der Waals surface area (Å²) in [6.45, 7) is 3.55. The van der Waals surface area contributed by atoms with Gasteiger partial charge in [-0.15, -0.1) is 0 Å². The Labute approximate surface area is 229 Å². The number of ether oxygens (including phenoxy) is 1. The van der Waals surface area contributed by atoms with Crippen LogP contribution in [0.5, 0.6) is 0 Å². The number of amides is 1. The molecule has 8 nitrogen and oxygen atoms in total. The topological polar surface area (TPSA) is 106 Å². The van der Waals surface area contributed by atoms with E-state index in [0.29, 0.717) is 17.1 Å². The lowest BCUT2D eigenvalue weighted by atomic mass is 9.92. The van der Waals surface area contributed by atoms with E-state index in [1.54, 1.807) is 12.1 Å². The van der Waals surface area contributed by atoms with Gasteiger partial charge in [0.05, 0.1) is 27.6 Å². The first-order valence-electron chi connectivity index (χ1n) is 12.3. The highest BCUT2D eigenvalue weighted by Crippen LogP contribution is 2.36. The summed E-state index contributed by atoms with van der Waals surface area (Å²) in [5.74, 6) is -1.81. The van der Waals surface area contributed by atoms with Crippen LogP contribution in [0, 0.1) is 19.7 Å². The number of nitrogens with zero attached hydrogens (tertiary/aromatic N) is 2. The average molecular weight is 568 g/mol. The fraction of sp³-hybridized carbons (Fsp3) is 0.250. The van der Waals surface area contributed by atoms with Crippen molar-refractivity contribution in [3.63, 3.8) is 0 Å². The number of hydrogen-bond donors (Lipinski definition) is 1. The van der Waals surface area contributed by atoms with E-state index >= 15 is 0 Å². The zero-order valence-electron chi connectivity index (χ0n) is 21.3. The number of fused-ring (bicyclic) bond motifs is 2. The Morgan fingerprint density at radius 1 is 1.13 bits per heavy atom. The lowest BCUT2D eigenvalue weighted by Crippen LogP contribution is -2.41. The van der Waals surface area contributed by atoms with Crippen LogP contribution in [0.4, 0.5) is 9.52 Å². The summed E-state index contributed by atoms with van der Waals surface area (Å²) in [4.78, 5) is 29.8. The molecule has 1 N–H and O–H groups in total. The van der Waals surface area contributed by atoms with Crippen molar-refractivity contribution in [2.45, 2.75) is 37.6 Å². The van der Waals surface area contributed by atoms with Crippen molar-refractivity contribution in [2.75, 3.05) is 18.5 Å². The van der Waals surface area contributed by atoms with Crippen LogP contribution in [-0.4, -0.2) is 42.7 Å². The first-order valence-corrected chi connectivity index (χ1v) is 14.6. The van der Waals surface area contributed by atoms with Crippen LogP contribution in [-0.2, 0) is 30.8 Å². The number of nitrogens with one attached hydrogen (secondary N) is 1. The number of carbonyl (C=O) groups is 2. The Bertz CT molecular complexity index is 1670. The molecule has 0 saturated carbocycles. The van der Waals surface area contributed by atoms with Gasteiger partial charge in [-0.05, 0) is 72.9 Å². The largest absolute Gasteiger partial charge is 0.456 e. The second-order valence-corrected chi connectivity index (χ2v) is 12.3. The number of aromatic nitrogens is 1. The molecule has 3 aromatic carbocycles. The quantitative estimate of drug-likeness (QED) is 0.318. The summed E-state index contributed by atoms with van der Waals surface area (Å²) in [5, 5.41) is 3.07. The molecule has 1 amide bonds. The van der Waals surface area contributed by atoms with Gasteiger partial charge in [-0.3, -0.25) is 14.9 Å². The van der Waals surface area contributed by atoms with Crippen molar-refractivity contribution in [1.29, 1.82) is 0 Å². The van der Waals surface area contributed by atoms with Crippen LogP contribution in [0.1, 0.15) is 34.7 Å². The van der Waals surface area contributed by atoms with Crippen LogP contribution in [0.3, 0.4) is 0 Å². The number of carbonyl (C=O) groups excluding carboxylic acids is 2. The van der Waals surface area contributed by atoms with E-state index in [2.05, 4.69) is 10.3 Å². The lowest BCUT2D eigenvalue weighted by molar-refractivity contribution is -0.148. The predicted octanol–water partition coefficient (Wildman–Crippen LogP) is 4.91. The first-order chi connectivity index (χ1) is 18.6. The van der Waals surface area contributed by atoms with Gasteiger partial charge in [-0.25, -0.2) is 17.8 Å². The molecule has 2 heterocycles. The van der Waals surface area contributed by atoms with E-state index in [9.17, 15) is 22.4 Å². The minimum absolute atomic E-state index is 0.0673. The smallest absolute Gasteiger partial charge is 0.308 e. The van der Waals surface area contributed by atoms with E-state index < -0.39 is 40.4 Å².